The molecular formula is C33H29FN6O. The number of imidazole rings is 1. The van der Waals surface area contributed by atoms with Crippen LogP contribution in [0.15, 0.2) is 108 Å². The van der Waals surface area contributed by atoms with Gasteiger partial charge < -0.3 is 0 Å². The number of rotatable bonds is 8. The highest BCUT2D eigenvalue weighted by molar-refractivity contribution is 5.80. The molecule has 4 aromatic carbocycles. The van der Waals surface area contributed by atoms with Gasteiger partial charge in [-0.25, -0.2) is 14.3 Å². The fraction of sp³-hybridized carbons (Fsp3) is 0.152. The second kappa shape index (κ2) is 11.2. The molecule has 0 fully saturated rings. The summed E-state index contributed by atoms with van der Waals surface area (Å²) in [5.74, 6) is 0.236. The minimum Gasteiger partial charge on any atom is -0.291 e. The number of nitrogens with one attached hydrogen (secondary N) is 1. The average molecular weight is 545 g/mol. The molecule has 0 saturated carbocycles. The van der Waals surface area contributed by atoms with Gasteiger partial charge in [0.1, 0.15) is 5.82 Å². The number of nitrogens with zero attached hydrogens (tertiary/aromatic N) is 5. The number of hydrogen-bond acceptors (Lipinski definition) is 4. The molecule has 0 radical (unpaired) electrons. The Morgan fingerprint density at radius 3 is 2.27 bits per heavy atom. The molecule has 0 unspecified atom stereocenters. The SMILES string of the molecule is CC(C)c1cccc(F)c1-n1cc(Cc2ccccc2)n(Cc2ccc(-c3ccccc3-c3nnn[nH]3)cc2)c1=O. The minimum absolute atomic E-state index is 0.0525. The van der Waals surface area contributed by atoms with Crippen molar-refractivity contribution in [3.8, 4) is 28.2 Å². The average Bonchev–Trinajstić information content (AvgIpc) is 3.63. The Kier molecular flexibility index (Phi) is 7.12. The van der Waals surface area contributed by atoms with Crippen molar-refractivity contribution in [2.45, 2.75) is 32.7 Å². The van der Waals surface area contributed by atoms with Crippen LogP contribution in [0.3, 0.4) is 0 Å². The van der Waals surface area contributed by atoms with Crippen molar-refractivity contribution >= 4 is 0 Å². The maximum absolute atomic E-state index is 15.2. The molecule has 6 rings (SSSR count). The van der Waals surface area contributed by atoms with E-state index in [1.807, 2.05) is 98.8 Å². The normalized spacial score (nSPS) is 11.3. The van der Waals surface area contributed by atoms with E-state index < -0.39 is 5.82 Å². The first kappa shape index (κ1) is 26.1. The third-order valence-corrected chi connectivity index (χ3v) is 7.30. The van der Waals surface area contributed by atoms with E-state index in [4.69, 9.17) is 0 Å². The van der Waals surface area contributed by atoms with Crippen LogP contribution in [-0.2, 0) is 13.0 Å². The van der Waals surface area contributed by atoms with Gasteiger partial charge in [-0.05, 0) is 50.2 Å². The molecule has 2 aromatic heterocycles. The van der Waals surface area contributed by atoms with E-state index in [-0.39, 0.29) is 11.6 Å². The van der Waals surface area contributed by atoms with Crippen molar-refractivity contribution in [3.63, 3.8) is 0 Å². The smallest absolute Gasteiger partial charge is 0.291 e. The molecule has 0 saturated heterocycles. The van der Waals surface area contributed by atoms with Gasteiger partial charge in [0.25, 0.3) is 0 Å². The lowest BCUT2D eigenvalue weighted by Crippen LogP contribution is -2.26. The van der Waals surface area contributed by atoms with Gasteiger partial charge >= 0.3 is 5.69 Å². The lowest BCUT2D eigenvalue weighted by atomic mass is 9.98. The number of hydrogen-bond donors (Lipinski definition) is 1. The van der Waals surface area contributed by atoms with Crippen LogP contribution in [0.1, 0.15) is 42.1 Å². The topological polar surface area (TPSA) is 81.4 Å². The molecule has 0 aliphatic carbocycles. The highest BCUT2D eigenvalue weighted by atomic mass is 19.1. The Hall–Kier alpha value is -5.11. The van der Waals surface area contributed by atoms with E-state index in [0.29, 0.717) is 24.5 Å². The molecule has 1 N–H and O–H groups in total. The summed E-state index contributed by atoms with van der Waals surface area (Å²) in [6.07, 6.45) is 2.33. The first-order chi connectivity index (χ1) is 20.0. The van der Waals surface area contributed by atoms with Gasteiger partial charge in [0.15, 0.2) is 5.82 Å². The van der Waals surface area contributed by atoms with E-state index in [1.54, 1.807) is 16.8 Å². The molecule has 41 heavy (non-hydrogen) atoms. The van der Waals surface area contributed by atoms with Crippen molar-refractivity contribution in [1.29, 1.82) is 0 Å². The maximum Gasteiger partial charge on any atom is 0.333 e. The van der Waals surface area contributed by atoms with Gasteiger partial charge in [-0.1, -0.05) is 105 Å². The summed E-state index contributed by atoms with van der Waals surface area (Å²) >= 11 is 0. The Labute approximate surface area is 236 Å². The molecule has 7 nitrogen and oxygen atoms in total. The Morgan fingerprint density at radius 1 is 0.829 bits per heavy atom. The Bertz CT molecular complexity index is 1840. The van der Waals surface area contributed by atoms with Crippen molar-refractivity contribution in [2.24, 2.45) is 0 Å². The van der Waals surface area contributed by atoms with Crippen molar-refractivity contribution in [3.05, 3.63) is 142 Å². The fourth-order valence-corrected chi connectivity index (χ4v) is 5.24. The van der Waals surface area contributed by atoms with Crippen LogP contribution in [0, 0.1) is 5.82 Å². The van der Waals surface area contributed by atoms with Gasteiger partial charge in [0.05, 0.1) is 12.2 Å². The maximum atomic E-state index is 15.2. The highest BCUT2D eigenvalue weighted by Crippen LogP contribution is 2.30. The first-order valence-corrected chi connectivity index (χ1v) is 13.6. The van der Waals surface area contributed by atoms with Crippen LogP contribution in [0.2, 0.25) is 0 Å². The predicted octanol–water partition coefficient (Wildman–Crippen LogP) is 6.39. The van der Waals surface area contributed by atoms with Crippen LogP contribution in [0.25, 0.3) is 28.2 Å². The molecule has 6 aromatic rings. The summed E-state index contributed by atoms with van der Waals surface area (Å²) in [5, 5.41) is 14.3. The number of H-pyrrole nitrogens is 1. The van der Waals surface area contributed by atoms with Gasteiger partial charge in [-0.3, -0.25) is 9.13 Å². The number of benzene rings is 4. The lowest BCUT2D eigenvalue weighted by molar-refractivity contribution is 0.607. The molecule has 204 valence electrons. The number of halogens is 1. The second-order valence-corrected chi connectivity index (χ2v) is 10.3. The Balaban J connectivity index is 1.39. The van der Waals surface area contributed by atoms with Gasteiger partial charge in [-0.2, -0.15) is 0 Å². The molecular weight excluding hydrogens is 515 g/mol. The molecule has 8 heteroatoms. The second-order valence-electron chi connectivity index (χ2n) is 10.3. The first-order valence-electron chi connectivity index (χ1n) is 13.6. The number of aromatic nitrogens is 6. The summed E-state index contributed by atoms with van der Waals surface area (Å²) in [4.78, 5) is 13.9. The van der Waals surface area contributed by atoms with Gasteiger partial charge in [0.2, 0.25) is 0 Å². The largest absolute Gasteiger partial charge is 0.333 e. The van der Waals surface area contributed by atoms with E-state index in [2.05, 4.69) is 20.6 Å². The van der Waals surface area contributed by atoms with E-state index in [9.17, 15) is 4.79 Å². The molecule has 0 aliphatic heterocycles. The lowest BCUT2D eigenvalue weighted by Gasteiger charge is -2.13. The fourth-order valence-electron chi connectivity index (χ4n) is 5.24. The summed E-state index contributed by atoms with van der Waals surface area (Å²) in [6, 6.07) is 31.0. The van der Waals surface area contributed by atoms with E-state index in [1.165, 1.54) is 10.6 Å². The summed E-state index contributed by atoms with van der Waals surface area (Å²) in [5.41, 5.74) is 6.57. The summed E-state index contributed by atoms with van der Waals surface area (Å²) in [7, 11) is 0. The number of para-hydroxylation sites is 1. The third kappa shape index (κ3) is 5.24. The molecule has 0 aliphatic rings. The quantitative estimate of drug-likeness (QED) is 0.241. The zero-order chi connectivity index (χ0) is 28.3. The van der Waals surface area contributed by atoms with E-state index in [0.717, 1.165) is 39.1 Å². The number of tetrazole rings is 1. The minimum atomic E-state index is -0.410. The zero-order valence-corrected chi connectivity index (χ0v) is 22.8. The molecule has 2 heterocycles. The molecule has 0 amide bonds. The Morgan fingerprint density at radius 2 is 1.56 bits per heavy atom. The van der Waals surface area contributed by atoms with E-state index >= 15 is 4.39 Å². The van der Waals surface area contributed by atoms with Gasteiger partial charge in [0, 0.05) is 23.9 Å². The monoisotopic (exact) mass is 544 g/mol. The van der Waals surface area contributed by atoms with Gasteiger partial charge in [-0.15, -0.1) is 5.10 Å². The summed E-state index contributed by atoms with van der Waals surface area (Å²) < 4.78 is 18.4. The predicted molar refractivity (Wildman–Crippen MR) is 157 cm³/mol. The van der Waals surface area contributed by atoms with Crippen LogP contribution in [-0.4, -0.2) is 29.8 Å². The van der Waals surface area contributed by atoms with Crippen LogP contribution < -0.4 is 5.69 Å². The summed E-state index contributed by atoms with van der Waals surface area (Å²) in [6.45, 7) is 4.36. The zero-order valence-electron chi connectivity index (χ0n) is 22.8. The van der Waals surface area contributed by atoms with Crippen molar-refractivity contribution < 1.29 is 4.39 Å². The molecule has 0 bridgehead atoms. The van der Waals surface area contributed by atoms with Crippen molar-refractivity contribution in [2.75, 3.05) is 0 Å². The van der Waals surface area contributed by atoms with Crippen LogP contribution in [0.5, 0.6) is 0 Å². The number of aromatic amines is 1. The van der Waals surface area contributed by atoms with Crippen LogP contribution in [0.4, 0.5) is 4.39 Å². The molecule has 0 atom stereocenters. The standard InChI is InChI=1S/C33H29FN6O/c1-22(2)27-13-8-14-30(34)31(27)40-21-26(19-23-9-4-3-5-10-23)39(33(40)41)20-24-15-17-25(18-16-24)28-11-6-7-12-29(28)32-35-37-38-36-32/h3-18,21-22H,19-20H2,1-2H3,(H,35,36,37,38). The van der Waals surface area contributed by atoms with Crippen LogP contribution >= 0.6 is 0 Å². The van der Waals surface area contributed by atoms with Crippen molar-refractivity contribution in [1.82, 2.24) is 29.8 Å². The molecule has 0 spiro atoms. The third-order valence-electron chi connectivity index (χ3n) is 7.30. The highest BCUT2D eigenvalue weighted by Gasteiger charge is 2.20.